The van der Waals surface area contributed by atoms with E-state index in [1.54, 1.807) is 21.3 Å². The Kier molecular flexibility index (Phi) is 7.79. The third-order valence-electron chi connectivity index (χ3n) is 2.90. The number of nitrogens with two attached hydrogens (primary N) is 1. The van der Waals surface area contributed by atoms with Gasteiger partial charge in [-0.1, -0.05) is 6.07 Å². The van der Waals surface area contributed by atoms with Crippen LogP contribution < -0.4 is 30.6 Å². The van der Waals surface area contributed by atoms with E-state index in [1.807, 2.05) is 12.1 Å². The van der Waals surface area contributed by atoms with Crippen LogP contribution in [-0.2, 0) is 6.54 Å². The van der Waals surface area contributed by atoms with Crippen molar-refractivity contribution >= 4 is 0 Å². The van der Waals surface area contributed by atoms with E-state index in [2.05, 4.69) is 10.6 Å². The molecule has 0 spiro atoms. The lowest BCUT2D eigenvalue weighted by Gasteiger charge is -2.16. The Hall–Kier alpha value is -1.50. The fourth-order valence-electron chi connectivity index (χ4n) is 1.93. The van der Waals surface area contributed by atoms with E-state index in [4.69, 9.17) is 19.9 Å². The predicted molar refractivity (Wildman–Crippen MR) is 79.7 cm³/mol. The van der Waals surface area contributed by atoms with Crippen molar-refractivity contribution in [2.24, 2.45) is 5.73 Å². The van der Waals surface area contributed by atoms with Crippen LogP contribution >= 0.6 is 0 Å². The number of nitrogens with one attached hydrogen (secondary N) is 2. The number of methoxy groups -OCH3 is 3. The normalized spacial score (nSPS) is 10.4. The van der Waals surface area contributed by atoms with Crippen molar-refractivity contribution in [3.05, 3.63) is 17.7 Å². The number of benzene rings is 1. The maximum Gasteiger partial charge on any atom is 0.203 e. The summed E-state index contributed by atoms with van der Waals surface area (Å²) in [6.07, 6.45) is 0. The van der Waals surface area contributed by atoms with Crippen molar-refractivity contribution in [3.8, 4) is 17.2 Å². The molecule has 0 radical (unpaired) electrons. The van der Waals surface area contributed by atoms with Gasteiger partial charge in [-0.3, -0.25) is 0 Å². The lowest BCUT2D eigenvalue weighted by molar-refractivity contribution is 0.321. The fraction of sp³-hybridized carbons (Fsp3) is 0.571. The number of rotatable bonds is 10. The van der Waals surface area contributed by atoms with Crippen LogP contribution in [0.25, 0.3) is 0 Å². The van der Waals surface area contributed by atoms with Gasteiger partial charge in [-0.25, -0.2) is 0 Å². The molecule has 1 aromatic carbocycles. The van der Waals surface area contributed by atoms with Crippen molar-refractivity contribution in [3.63, 3.8) is 0 Å². The molecule has 0 fully saturated rings. The molecule has 0 amide bonds. The van der Waals surface area contributed by atoms with Crippen LogP contribution in [0.2, 0.25) is 0 Å². The third-order valence-corrected chi connectivity index (χ3v) is 2.90. The molecule has 0 saturated heterocycles. The predicted octanol–water partition coefficient (Wildman–Crippen LogP) is 0.350. The highest BCUT2D eigenvalue weighted by Gasteiger charge is 2.15. The minimum absolute atomic E-state index is 0.621. The maximum absolute atomic E-state index is 5.43. The Morgan fingerprint density at radius 1 is 0.900 bits per heavy atom. The number of hydrogen-bond acceptors (Lipinski definition) is 6. The van der Waals surface area contributed by atoms with Crippen molar-refractivity contribution in [2.75, 3.05) is 47.5 Å². The number of hydrogen-bond donors (Lipinski definition) is 3. The van der Waals surface area contributed by atoms with Gasteiger partial charge in [0.15, 0.2) is 11.5 Å². The van der Waals surface area contributed by atoms with E-state index >= 15 is 0 Å². The summed E-state index contributed by atoms with van der Waals surface area (Å²) in [5.41, 5.74) is 6.44. The molecule has 0 aromatic heterocycles. The molecule has 1 rings (SSSR count). The second-order valence-corrected chi connectivity index (χ2v) is 4.21. The van der Waals surface area contributed by atoms with Crippen LogP contribution in [-0.4, -0.2) is 47.5 Å². The van der Waals surface area contributed by atoms with Crippen molar-refractivity contribution in [1.82, 2.24) is 10.6 Å². The molecule has 0 aliphatic heterocycles. The van der Waals surface area contributed by atoms with Gasteiger partial charge in [0.1, 0.15) is 0 Å². The monoisotopic (exact) mass is 283 g/mol. The van der Waals surface area contributed by atoms with Crippen LogP contribution in [0.15, 0.2) is 12.1 Å². The zero-order chi connectivity index (χ0) is 14.8. The highest BCUT2D eigenvalue weighted by Crippen LogP contribution is 2.39. The van der Waals surface area contributed by atoms with Gasteiger partial charge in [-0.2, -0.15) is 0 Å². The lowest BCUT2D eigenvalue weighted by Crippen LogP contribution is -2.30. The van der Waals surface area contributed by atoms with E-state index in [-0.39, 0.29) is 0 Å². The largest absolute Gasteiger partial charge is 0.493 e. The molecular formula is C14H25N3O3. The molecule has 0 bridgehead atoms. The fourth-order valence-corrected chi connectivity index (χ4v) is 1.93. The standard InChI is InChI=1S/C14H25N3O3/c1-18-12-5-4-11(13(19-2)14(12)20-3)10-17-9-8-16-7-6-15/h4-5,16-17H,6-10,15H2,1-3H3. The Balaban J connectivity index is 2.61. The van der Waals surface area contributed by atoms with Gasteiger partial charge >= 0.3 is 0 Å². The van der Waals surface area contributed by atoms with Crippen LogP contribution in [0.4, 0.5) is 0 Å². The highest BCUT2D eigenvalue weighted by atomic mass is 16.5. The average molecular weight is 283 g/mol. The summed E-state index contributed by atoms with van der Waals surface area (Å²) in [7, 11) is 4.84. The topological polar surface area (TPSA) is 77.8 Å². The summed E-state index contributed by atoms with van der Waals surface area (Å²) >= 11 is 0. The summed E-state index contributed by atoms with van der Waals surface area (Å²) in [4.78, 5) is 0. The van der Waals surface area contributed by atoms with Crippen molar-refractivity contribution < 1.29 is 14.2 Å². The van der Waals surface area contributed by atoms with Crippen molar-refractivity contribution in [2.45, 2.75) is 6.54 Å². The summed E-state index contributed by atoms with van der Waals surface area (Å²) in [5, 5.41) is 6.57. The molecule has 4 N–H and O–H groups in total. The summed E-state index contributed by atoms with van der Waals surface area (Å²) in [6.45, 7) is 3.93. The first-order chi connectivity index (χ1) is 9.78. The Labute approximate surface area is 120 Å². The van der Waals surface area contributed by atoms with Gasteiger partial charge < -0.3 is 30.6 Å². The average Bonchev–Trinajstić information content (AvgIpc) is 2.49. The second kappa shape index (κ2) is 9.41. The summed E-state index contributed by atoms with van der Waals surface area (Å²) in [5.74, 6) is 1.99. The molecule has 1 aromatic rings. The van der Waals surface area contributed by atoms with Gasteiger partial charge in [-0.15, -0.1) is 0 Å². The van der Waals surface area contributed by atoms with Gasteiger partial charge in [0.05, 0.1) is 21.3 Å². The van der Waals surface area contributed by atoms with Gasteiger partial charge in [-0.05, 0) is 6.07 Å². The Morgan fingerprint density at radius 2 is 1.60 bits per heavy atom. The molecule has 20 heavy (non-hydrogen) atoms. The lowest BCUT2D eigenvalue weighted by atomic mass is 10.1. The van der Waals surface area contributed by atoms with Gasteiger partial charge in [0.25, 0.3) is 0 Å². The van der Waals surface area contributed by atoms with E-state index in [0.717, 1.165) is 25.2 Å². The first-order valence-electron chi connectivity index (χ1n) is 6.67. The quantitative estimate of drug-likeness (QED) is 0.538. The van der Waals surface area contributed by atoms with E-state index in [9.17, 15) is 0 Å². The molecule has 0 heterocycles. The molecule has 0 aliphatic carbocycles. The van der Waals surface area contributed by atoms with Crippen LogP contribution in [0.3, 0.4) is 0 Å². The van der Waals surface area contributed by atoms with Crippen LogP contribution in [0, 0.1) is 0 Å². The Bertz CT molecular complexity index is 399. The zero-order valence-corrected chi connectivity index (χ0v) is 12.5. The van der Waals surface area contributed by atoms with Crippen molar-refractivity contribution in [1.29, 1.82) is 0 Å². The summed E-state index contributed by atoms with van der Waals surface area (Å²) < 4.78 is 16.0. The smallest absolute Gasteiger partial charge is 0.203 e. The molecule has 6 nitrogen and oxygen atoms in total. The van der Waals surface area contributed by atoms with E-state index in [1.165, 1.54) is 0 Å². The molecule has 0 unspecified atom stereocenters. The SMILES string of the molecule is COc1ccc(CNCCNCCN)c(OC)c1OC. The van der Waals surface area contributed by atoms with E-state index < -0.39 is 0 Å². The first kappa shape index (κ1) is 16.6. The van der Waals surface area contributed by atoms with Gasteiger partial charge in [0.2, 0.25) is 5.75 Å². The highest BCUT2D eigenvalue weighted by molar-refractivity contribution is 5.55. The first-order valence-corrected chi connectivity index (χ1v) is 6.67. The van der Waals surface area contributed by atoms with E-state index in [0.29, 0.717) is 30.3 Å². The minimum Gasteiger partial charge on any atom is -0.493 e. The van der Waals surface area contributed by atoms with Crippen LogP contribution in [0.1, 0.15) is 5.56 Å². The maximum atomic E-state index is 5.43. The third kappa shape index (κ3) is 4.56. The molecule has 6 heteroatoms. The second-order valence-electron chi connectivity index (χ2n) is 4.21. The van der Waals surface area contributed by atoms with Gasteiger partial charge in [0, 0.05) is 38.3 Å². The molecule has 114 valence electrons. The Morgan fingerprint density at radius 3 is 2.20 bits per heavy atom. The molecule has 0 aliphatic rings. The zero-order valence-electron chi connectivity index (χ0n) is 12.5. The number of ether oxygens (including phenoxy) is 3. The minimum atomic E-state index is 0.621. The van der Waals surface area contributed by atoms with Crippen LogP contribution in [0.5, 0.6) is 17.2 Å². The molecule has 0 atom stereocenters. The molecule has 0 saturated carbocycles. The molecular weight excluding hydrogens is 258 g/mol. The summed E-state index contributed by atoms with van der Waals surface area (Å²) in [6, 6.07) is 3.85.